The van der Waals surface area contributed by atoms with Crippen LogP contribution in [-0.2, 0) is 17.8 Å². The van der Waals surface area contributed by atoms with E-state index in [0.717, 1.165) is 4.68 Å². The predicted octanol–water partition coefficient (Wildman–Crippen LogP) is 3.64. The Hall–Kier alpha value is -1.66. The Labute approximate surface area is 129 Å². The SMILES string of the molecule is O=C(Cc1c(Cl)cccc1Cl)Nc1cnn(CC(F)F)c1. The lowest BCUT2D eigenvalue weighted by Crippen LogP contribution is -2.14. The van der Waals surface area contributed by atoms with Crippen molar-refractivity contribution in [2.24, 2.45) is 0 Å². The van der Waals surface area contributed by atoms with E-state index < -0.39 is 13.0 Å². The van der Waals surface area contributed by atoms with E-state index in [1.807, 2.05) is 0 Å². The normalized spacial score (nSPS) is 10.9. The summed E-state index contributed by atoms with van der Waals surface area (Å²) in [5.41, 5.74) is 0.849. The summed E-state index contributed by atoms with van der Waals surface area (Å²) in [6.45, 7) is -0.522. The van der Waals surface area contributed by atoms with Crippen molar-refractivity contribution in [3.8, 4) is 0 Å². The van der Waals surface area contributed by atoms with Gasteiger partial charge < -0.3 is 5.32 Å². The third kappa shape index (κ3) is 4.41. The molecule has 1 aromatic carbocycles. The van der Waals surface area contributed by atoms with Crippen LogP contribution >= 0.6 is 23.2 Å². The molecule has 0 spiro atoms. The van der Waals surface area contributed by atoms with Gasteiger partial charge in [-0.05, 0) is 17.7 Å². The molecule has 112 valence electrons. The van der Waals surface area contributed by atoms with Crippen LogP contribution in [0.15, 0.2) is 30.6 Å². The summed E-state index contributed by atoms with van der Waals surface area (Å²) in [5.74, 6) is -0.360. The molecule has 1 heterocycles. The zero-order valence-corrected chi connectivity index (χ0v) is 12.2. The minimum Gasteiger partial charge on any atom is -0.323 e. The molecule has 0 fully saturated rings. The molecule has 0 aliphatic heterocycles. The number of hydrogen-bond donors (Lipinski definition) is 1. The Balaban J connectivity index is 2.00. The number of carbonyl (C=O) groups is 1. The molecule has 1 aromatic heterocycles. The van der Waals surface area contributed by atoms with Gasteiger partial charge in [0.15, 0.2) is 0 Å². The molecule has 0 aliphatic carbocycles. The number of anilines is 1. The van der Waals surface area contributed by atoms with Crippen LogP contribution in [0.5, 0.6) is 0 Å². The van der Waals surface area contributed by atoms with Gasteiger partial charge in [-0.15, -0.1) is 0 Å². The average Bonchev–Trinajstić information content (AvgIpc) is 2.80. The Bertz CT molecular complexity index is 626. The molecule has 1 amide bonds. The van der Waals surface area contributed by atoms with E-state index in [1.54, 1.807) is 18.2 Å². The van der Waals surface area contributed by atoms with Crippen LogP contribution in [0, 0.1) is 0 Å². The van der Waals surface area contributed by atoms with Crippen LogP contribution in [0.3, 0.4) is 0 Å². The van der Waals surface area contributed by atoms with Gasteiger partial charge in [0.1, 0.15) is 6.54 Å². The number of aromatic nitrogens is 2. The van der Waals surface area contributed by atoms with Crippen molar-refractivity contribution >= 4 is 34.8 Å². The molecule has 0 saturated carbocycles. The molecule has 0 saturated heterocycles. The molecular formula is C13H11Cl2F2N3O. The van der Waals surface area contributed by atoms with E-state index in [0.29, 0.717) is 21.3 Å². The fourth-order valence-electron chi connectivity index (χ4n) is 1.74. The summed E-state index contributed by atoms with van der Waals surface area (Å²) in [6.07, 6.45) is 0.112. The lowest BCUT2D eigenvalue weighted by Gasteiger charge is -2.06. The molecule has 2 rings (SSSR count). The second kappa shape index (κ2) is 6.87. The van der Waals surface area contributed by atoms with E-state index >= 15 is 0 Å². The van der Waals surface area contributed by atoms with Gasteiger partial charge >= 0.3 is 0 Å². The summed E-state index contributed by atoms with van der Waals surface area (Å²) >= 11 is 11.9. The lowest BCUT2D eigenvalue weighted by atomic mass is 10.1. The maximum absolute atomic E-state index is 12.2. The van der Waals surface area contributed by atoms with E-state index in [2.05, 4.69) is 10.4 Å². The first-order valence-corrected chi connectivity index (χ1v) is 6.74. The molecule has 2 aromatic rings. The van der Waals surface area contributed by atoms with Gasteiger partial charge in [-0.3, -0.25) is 9.48 Å². The highest BCUT2D eigenvalue weighted by atomic mass is 35.5. The van der Waals surface area contributed by atoms with Crippen molar-refractivity contribution in [2.45, 2.75) is 19.4 Å². The van der Waals surface area contributed by atoms with Crippen LogP contribution in [0.4, 0.5) is 14.5 Å². The number of carbonyl (C=O) groups excluding carboxylic acids is 1. The smallest absolute Gasteiger partial charge is 0.257 e. The van der Waals surface area contributed by atoms with Gasteiger partial charge in [0.25, 0.3) is 6.43 Å². The third-order valence-corrected chi connectivity index (χ3v) is 3.35. The Morgan fingerprint density at radius 2 is 2.00 bits per heavy atom. The highest BCUT2D eigenvalue weighted by Crippen LogP contribution is 2.25. The second-order valence-electron chi connectivity index (χ2n) is 4.27. The van der Waals surface area contributed by atoms with Crippen LogP contribution < -0.4 is 5.32 Å². The topological polar surface area (TPSA) is 46.9 Å². The molecule has 0 bridgehead atoms. The van der Waals surface area contributed by atoms with Crippen molar-refractivity contribution in [3.63, 3.8) is 0 Å². The lowest BCUT2D eigenvalue weighted by molar-refractivity contribution is -0.115. The molecule has 8 heteroatoms. The fourth-order valence-corrected chi connectivity index (χ4v) is 2.27. The zero-order chi connectivity index (χ0) is 15.4. The molecule has 0 radical (unpaired) electrons. The van der Waals surface area contributed by atoms with Gasteiger partial charge in [-0.25, -0.2) is 8.78 Å². The molecular weight excluding hydrogens is 323 g/mol. The number of hydrogen-bond acceptors (Lipinski definition) is 2. The number of amides is 1. The highest BCUT2D eigenvalue weighted by molar-refractivity contribution is 6.36. The number of nitrogens with one attached hydrogen (secondary N) is 1. The number of alkyl halides is 2. The summed E-state index contributed by atoms with van der Waals surface area (Å²) in [5, 5.41) is 7.06. The maximum Gasteiger partial charge on any atom is 0.257 e. The van der Waals surface area contributed by atoms with Crippen molar-refractivity contribution in [3.05, 3.63) is 46.2 Å². The van der Waals surface area contributed by atoms with Crippen LogP contribution in [0.1, 0.15) is 5.56 Å². The molecule has 21 heavy (non-hydrogen) atoms. The second-order valence-corrected chi connectivity index (χ2v) is 5.08. The van der Waals surface area contributed by atoms with Crippen LogP contribution in [-0.4, -0.2) is 22.1 Å². The molecule has 0 unspecified atom stereocenters. The fraction of sp³-hybridized carbons (Fsp3) is 0.231. The predicted molar refractivity (Wildman–Crippen MR) is 77.0 cm³/mol. The van der Waals surface area contributed by atoms with Crippen molar-refractivity contribution in [1.82, 2.24) is 9.78 Å². The third-order valence-electron chi connectivity index (χ3n) is 2.64. The highest BCUT2D eigenvalue weighted by Gasteiger charge is 2.12. The average molecular weight is 334 g/mol. The summed E-state index contributed by atoms with van der Waals surface area (Å²) in [4.78, 5) is 11.9. The minimum atomic E-state index is -2.50. The van der Waals surface area contributed by atoms with Crippen LogP contribution in [0.25, 0.3) is 0 Å². The summed E-state index contributed by atoms with van der Waals surface area (Å²) in [7, 11) is 0. The van der Waals surface area contributed by atoms with Crippen molar-refractivity contribution in [2.75, 3.05) is 5.32 Å². The number of benzene rings is 1. The Kier molecular flexibility index (Phi) is 5.14. The van der Waals surface area contributed by atoms with Crippen LogP contribution in [0.2, 0.25) is 10.0 Å². The molecule has 4 nitrogen and oxygen atoms in total. The first-order valence-electron chi connectivity index (χ1n) is 5.99. The largest absolute Gasteiger partial charge is 0.323 e. The quantitative estimate of drug-likeness (QED) is 0.908. The van der Waals surface area contributed by atoms with Gasteiger partial charge in [0.05, 0.1) is 18.3 Å². The molecule has 0 aliphatic rings. The van der Waals surface area contributed by atoms with E-state index in [4.69, 9.17) is 23.2 Å². The number of rotatable bonds is 5. The number of nitrogens with zero attached hydrogens (tertiary/aromatic N) is 2. The van der Waals surface area contributed by atoms with Gasteiger partial charge in [0.2, 0.25) is 5.91 Å². The Morgan fingerprint density at radius 3 is 2.62 bits per heavy atom. The van der Waals surface area contributed by atoms with Crippen molar-refractivity contribution in [1.29, 1.82) is 0 Å². The zero-order valence-electron chi connectivity index (χ0n) is 10.7. The maximum atomic E-state index is 12.2. The van der Waals surface area contributed by atoms with Gasteiger partial charge in [-0.2, -0.15) is 5.10 Å². The standard InChI is InChI=1S/C13H11Cl2F2N3O/c14-10-2-1-3-11(15)9(10)4-13(21)19-8-5-18-20(6-8)7-12(16)17/h1-3,5-6,12H,4,7H2,(H,19,21). The van der Waals surface area contributed by atoms with E-state index in [1.165, 1.54) is 12.4 Å². The van der Waals surface area contributed by atoms with Gasteiger partial charge in [-0.1, -0.05) is 29.3 Å². The van der Waals surface area contributed by atoms with E-state index in [9.17, 15) is 13.6 Å². The first kappa shape index (κ1) is 15.7. The molecule has 0 atom stereocenters. The summed E-state index contributed by atoms with van der Waals surface area (Å²) < 4.78 is 25.4. The monoisotopic (exact) mass is 333 g/mol. The molecule has 1 N–H and O–H groups in total. The Morgan fingerprint density at radius 1 is 1.33 bits per heavy atom. The van der Waals surface area contributed by atoms with Gasteiger partial charge in [0, 0.05) is 16.2 Å². The number of halogens is 4. The minimum absolute atomic E-state index is 0.0153. The summed E-state index contributed by atoms with van der Waals surface area (Å²) in [6, 6.07) is 4.95. The van der Waals surface area contributed by atoms with Crippen molar-refractivity contribution < 1.29 is 13.6 Å². The first-order chi connectivity index (χ1) is 9.95. The van der Waals surface area contributed by atoms with E-state index in [-0.39, 0.29) is 12.3 Å².